The van der Waals surface area contributed by atoms with Crippen molar-refractivity contribution in [2.75, 3.05) is 0 Å². The number of benzene rings is 1. The van der Waals surface area contributed by atoms with Crippen LogP contribution in [0.15, 0.2) is 33.6 Å². The fourth-order valence-corrected chi connectivity index (χ4v) is 2.48. The molecule has 1 aliphatic heterocycles. The van der Waals surface area contributed by atoms with Gasteiger partial charge in [-0.3, -0.25) is 0 Å². The first-order chi connectivity index (χ1) is 6.63. The minimum absolute atomic E-state index is 0.197. The normalized spacial score (nSPS) is 16.0. The average molecular weight is 207 g/mol. The van der Waals surface area contributed by atoms with Crippen molar-refractivity contribution in [3.8, 4) is 0 Å². The van der Waals surface area contributed by atoms with Gasteiger partial charge in [-0.25, -0.2) is 8.42 Å². The number of hydrogen-bond acceptors (Lipinski definition) is 3. The first kappa shape index (κ1) is 8.80. The SMILES string of the molecule is [N-]=[N+]=Nc1ccc2c(c1)S(=O)(=O)C=C2. The lowest BCUT2D eigenvalue weighted by molar-refractivity contribution is 0.605. The van der Waals surface area contributed by atoms with Crippen molar-refractivity contribution < 1.29 is 8.42 Å². The zero-order valence-corrected chi connectivity index (χ0v) is 7.77. The Morgan fingerprint density at radius 1 is 1.36 bits per heavy atom. The van der Waals surface area contributed by atoms with Crippen LogP contribution in [0.3, 0.4) is 0 Å². The van der Waals surface area contributed by atoms with Gasteiger partial charge in [-0.1, -0.05) is 17.2 Å². The molecule has 5 nitrogen and oxygen atoms in total. The van der Waals surface area contributed by atoms with E-state index in [1.54, 1.807) is 12.1 Å². The largest absolute Gasteiger partial charge is 0.219 e. The van der Waals surface area contributed by atoms with Crippen LogP contribution in [-0.2, 0) is 9.84 Å². The molecule has 0 amide bonds. The minimum atomic E-state index is -3.31. The summed E-state index contributed by atoms with van der Waals surface area (Å²) >= 11 is 0. The van der Waals surface area contributed by atoms with Crippen molar-refractivity contribution in [3.63, 3.8) is 0 Å². The molecule has 0 atom stereocenters. The Bertz CT molecular complexity index is 568. The zero-order valence-electron chi connectivity index (χ0n) is 6.95. The third-order valence-electron chi connectivity index (χ3n) is 1.89. The number of nitrogens with zero attached hydrogens (tertiary/aromatic N) is 3. The van der Waals surface area contributed by atoms with Gasteiger partial charge in [0.25, 0.3) is 0 Å². The second-order valence-corrected chi connectivity index (χ2v) is 4.56. The summed E-state index contributed by atoms with van der Waals surface area (Å²) in [5.74, 6) is 0. The molecule has 0 saturated carbocycles. The highest BCUT2D eigenvalue weighted by Gasteiger charge is 2.20. The minimum Gasteiger partial charge on any atom is -0.219 e. The Labute approximate surface area is 80.2 Å². The van der Waals surface area contributed by atoms with Crippen molar-refractivity contribution in [2.45, 2.75) is 4.90 Å². The molecule has 0 saturated heterocycles. The highest BCUT2D eigenvalue weighted by Crippen LogP contribution is 2.30. The molecule has 0 aliphatic carbocycles. The van der Waals surface area contributed by atoms with Crippen LogP contribution >= 0.6 is 0 Å². The van der Waals surface area contributed by atoms with E-state index in [1.807, 2.05) is 0 Å². The van der Waals surface area contributed by atoms with Crippen molar-refractivity contribution in [1.29, 1.82) is 0 Å². The van der Waals surface area contributed by atoms with Gasteiger partial charge >= 0.3 is 0 Å². The van der Waals surface area contributed by atoms with Crippen LogP contribution in [-0.4, -0.2) is 8.42 Å². The monoisotopic (exact) mass is 207 g/mol. The van der Waals surface area contributed by atoms with E-state index in [1.165, 1.54) is 12.1 Å². The van der Waals surface area contributed by atoms with E-state index in [9.17, 15) is 8.42 Å². The Kier molecular flexibility index (Phi) is 1.80. The first-order valence-corrected chi connectivity index (χ1v) is 5.30. The van der Waals surface area contributed by atoms with Gasteiger partial charge in [0.1, 0.15) is 0 Å². The predicted octanol–water partition coefficient (Wildman–Crippen LogP) is 2.39. The standard InChI is InChI=1S/C8H5N3O2S/c9-11-10-7-2-1-6-3-4-14(12,13)8(6)5-7/h1-5H. The molecular weight excluding hydrogens is 202 g/mol. The molecule has 0 N–H and O–H groups in total. The van der Waals surface area contributed by atoms with Crippen LogP contribution in [0.5, 0.6) is 0 Å². The molecule has 1 aromatic carbocycles. The Hall–Kier alpha value is -1.78. The van der Waals surface area contributed by atoms with Crippen LogP contribution in [0.4, 0.5) is 5.69 Å². The second kappa shape index (κ2) is 2.87. The fraction of sp³-hybridized carbons (Fsp3) is 0. The molecule has 0 aromatic heterocycles. The highest BCUT2D eigenvalue weighted by molar-refractivity contribution is 7.94. The molecule has 0 fully saturated rings. The van der Waals surface area contributed by atoms with E-state index < -0.39 is 9.84 Å². The maximum atomic E-state index is 11.4. The number of hydrogen-bond donors (Lipinski definition) is 0. The first-order valence-electron chi connectivity index (χ1n) is 3.76. The Morgan fingerprint density at radius 2 is 2.14 bits per heavy atom. The molecule has 1 heterocycles. The summed E-state index contributed by atoms with van der Waals surface area (Å²) < 4.78 is 22.8. The van der Waals surface area contributed by atoms with Gasteiger partial charge in [-0.2, -0.15) is 0 Å². The van der Waals surface area contributed by atoms with Gasteiger partial charge in [0.15, 0.2) is 9.84 Å². The van der Waals surface area contributed by atoms with Crippen molar-refractivity contribution in [1.82, 2.24) is 0 Å². The molecule has 70 valence electrons. The maximum absolute atomic E-state index is 11.4. The van der Waals surface area contributed by atoms with Crippen LogP contribution in [0.1, 0.15) is 5.56 Å². The molecule has 0 spiro atoms. The van der Waals surface area contributed by atoms with Gasteiger partial charge in [0.2, 0.25) is 0 Å². The van der Waals surface area contributed by atoms with Crippen LogP contribution in [0.2, 0.25) is 0 Å². The molecule has 1 aliphatic rings. The zero-order chi connectivity index (χ0) is 10.2. The van der Waals surface area contributed by atoms with Crippen molar-refractivity contribution >= 4 is 21.6 Å². The summed E-state index contributed by atoms with van der Waals surface area (Å²) in [5, 5.41) is 4.47. The maximum Gasteiger partial charge on any atom is 0.200 e. The molecule has 2 rings (SSSR count). The topological polar surface area (TPSA) is 82.9 Å². The van der Waals surface area contributed by atoms with Crippen molar-refractivity contribution in [2.24, 2.45) is 5.11 Å². The van der Waals surface area contributed by atoms with E-state index in [4.69, 9.17) is 5.53 Å². The van der Waals surface area contributed by atoms with Gasteiger partial charge in [-0.05, 0) is 23.2 Å². The van der Waals surface area contributed by atoms with E-state index in [0.717, 1.165) is 5.41 Å². The number of azide groups is 1. The molecule has 0 radical (unpaired) electrons. The smallest absolute Gasteiger partial charge is 0.200 e. The molecule has 1 aromatic rings. The summed E-state index contributed by atoms with van der Waals surface area (Å²) in [4.78, 5) is 2.79. The lowest BCUT2D eigenvalue weighted by Gasteiger charge is -1.98. The molecule has 0 bridgehead atoms. The number of rotatable bonds is 1. The second-order valence-electron chi connectivity index (χ2n) is 2.76. The summed E-state index contributed by atoms with van der Waals surface area (Å²) in [6.07, 6.45) is 1.52. The Morgan fingerprint density at radius 3 is 2.86 bits per heavy atom. The van der Waals surface area contributed by atoms with Crippen molar-refractivity contribution in [3.05, 3.63) is 39.6 Å². The van der Waals surface area contributed by atoms with E-state index in [2.05, 4.69) is 10.0 Å². The van der Waals surface area contributed by atoms with Gasteiger partial charge in [-0.15, -0.1) is 0 Å². The predicted molar refractivity (Wildman–Crippen MR) is 51.5 cm³/mol. The number of sulfone groups is 1. The highest BCUT2D eigenvalue weighted by atomic mass is 32.2. The van der Waals surface area contributed by atoms with Gasteiger partial charge < -0.3 is 0 Å². The quantitative estimate of drug-likeness (QED) is 0.402. The van der Waals surface area contributed by atoms with Crippen LogP contribution in [0, 0.1) is 0 Å². The molecule has 6 heteroatoms. The van der Waals surface area contributed by atoms with E-state index in [-0.39, 0.29) is 4.90 Å². The Balaban J connectivity index is 2.69. The third kappa shape index (κ3) is 1.26. The summed E-state index contributed by atoms with van der Waals surface area (Å²) in [6, 6.07) is 4.55. The summed E-state index contributed by atoms with van der Waals surface area (Å²) in [7, 11) is -3.31. The van der Waals surface area contributed by atoms with Crippen LogP contribution < -0.4 is 0 Å². The van der Waals surface area contributed by atoms with E-state index >= 15 is 0 Å². The van der Waals surface area contributed by atoms with Crippen LogP contribution in [0.25, 0.3) is 16.5 Å². The van der Waals surface area contributed by atoms with E-state index in [0.29, 0.717) is 11.3 Å². The lowest BCUT2D eigenvalue weighted by atomic mass is 10.2. The summed E-state index contributed by atoms with van der Waals surface area (Å²) in [5.41, 5.74) is 9.12. The average Bonchev–Trinajstić information content (AvgIpc) is 2.44. The number of fused-ring (bicyclic) bond motifs is 1. The van der Waals surface area contributed by atoms with Gasteiger partial charge in [0, 0.05) is 16.0 Å². The third-order valence-corrected chi connectivity index (χ3v) is 3.35. The molecular formula is C8H5N3O2S. The fourth-order valence-electron chi connectivity index (χ4n) is 1.26. The molecule has 0 unspecified atom stereocenters. The van der Waals surface area contributed by atoms with Gasteiger partial charge in [0.05, 0.1) is 4.90 Å². The molecule has 14 heavy (non-hydrogen) atoms. The summed E-state index contributed by atoms with van der Waals surface area (Å²) in [6.45, 7) is 0. The lowest BCUT2D eigenvalue weighted by Crippen LogP contribution is -1.92.